The average Bonchev–Trinajstić information content (AvgIpc) is 3.15. The third-order valence-corrected chi connectivity index (χ3v) is 5.52. The fraction of sp³-hybridized carbons (Fsp3) is 0.429. The van der Waals surface area contributed by atoms with E-state index < -0.39 is 5.69 Å². The standard InChI is InChI=1S/C21H26N4O4/c1-23-20(26)14-19(22-21(23)27)25-9-6-15(7-10-25)29-18-5-3-4-17-16(18)8-11-24(17)12-13-28-2/h3-5,8,11,14-15H,6-7,9-10,12-13H2,1-2H3,(H,22,27). The van der Waals surface area contributed by atoms with Gasteiger partial charge in [-0.3, -0.25) is 14.3 Å². The fourth-order valence-electron chi connectivity index (χ4n) is 3.79. The Bertz CT molecular complexity index is 1070. The van der Waals surface area contributed by atoms with Crippen molar-refractivity contribution in [1.82, 2.24) is 14.1 Å². The van der Waals surface area contributed by atoms with Crippen LogP contribution in [-0.4, -0.2) is 47.0 Å². The van der Waals surface area contributed by atoms with Crippen LogP contribution < -0.4 is 20.9 Å². The topological polar surface area (TPSA) is 81.5 Å². The Morgan fingerprint density at radius 2 is 1.97 bits per heavy atom. The second kappa shape index (κ2) is 8.16. The van der Waals surface area contributed by atoms with Crippen LogP contribution in [0.3, 0.4) is 0 Å². The first-order chi connectivity index (χ1) is 14.1. The van der Waals surface area contributed by atoms with Gasteiger partial charge in [-0.15, -0.1) is 0 Å². The minimum Gasteiger partial charge on any atom is -0.490 e. The number of nitrogens with zero attached hydrogens (tertiary/aromatic N) is 3. The molecule has 0 spiro atoms. The monoisotopic (exact) mass is 398 g/mol. The molecule has 1 N–H and O–H groups in total. The van der Waals surface area contributed by atoms with Crippen LogP contribution in [0.2, 0.25) is 0 Å². The summed E-state index contributed by atoms with van der Waals surface area (Å²) in [5.41, 5.74) is 0.442. The molecule has 1 aliphatic rings. The Morgan fingerprint density at radius 3 is 2.69 bits per heavy atom. The van der Waals surface area contributed by atoms with Crippen LogP contribution >= 0.6 is 0 Å². The zero-order valence-corrected chi connectivity index (χ0v) is 16.8. The highest BCUT2D eigenvalue weighted by atomic mass is 16.5. The van der Waals surface area contributed by atoms with Gasteiger partial charge in [-0.25, -0.2) is 4.79 Å². The molecule has 29 heavy (non-hydrogen) atoms. The largest absolute Gasteiger partial charge is 0.490 e. The van der Waals surface area contributed by atoms with Crippen LogP contribution in [0.25, 0.3) is 10.9 Å². The van der Waals surface area contributed by atoms with Crippen LogP contribution in [0.4, 0.5) is 5.82 Å². The van der Waals surface area contributed by atoms with Crippen LogP contribution in [0, 0.1) is 0 Å². The molecule has 8 nitrogen and oxygen atoms in total. The Labute approximate surface area is 168 Å². The van der Waals surface area contributed by atoms with Gasteiger partial charge in [0.05, 0.1) is 12.1 Å². The molecule has 3 heterocycles. The van der Waals surface area contributed by atoms with Crippen LogP contribution in [0.15, 0.2) is 46.1 Å². The lowest BCUT2D eigenvalue weighted by Gasteiger charge is -2.33. The lowest BCUT2D eigenvalue weighted by molar-refractivity contribution is 0.173. The van der Waals surface area contributed by atoms with E-state index in [1.165, 1.54) is 13.1 Å². The molecule has 1 fully saturated rings. The van der Waals surface area contributed by atoms with Gasteiger partial charge in [0.2, 0.25) is 0 Å². The zero-order valence-electron chi connectivity index (χ0n) is 16.8. The highest BCUT2D eigenvalue weighted by molar-refractivity contribution is 5.86. The number of H-pyrrole nitrogens is 1. The third-order valence-electron chi connectivity index (χ3n) is 5.52. The number of hydrogen-bond acceptors (Lipinski definition) is 5. The summed E-state index contributed by atoms with van der Waals surface area (Å²) < 4.78 is 14.7. The smallest absolute Gasteiger partial charge is 0.329 e. The van der Waals surface area contributed by atoms with Gasteiger partial charge in [0.15, 0.2) is 0 Å². The second-order valence-corrected chi connectivity index (χ2v) is 7.35. The number of aromatic amines is 1. The number of anilines is 1. The highest BCUT2D eigenvalue weighted by Crippen LogP contribution is 2.29. The molecule has 0 atom stereocenters. The summed E-state index contributed by atoms with van der Waals surface area (Å²) in [4.78, 5) is 28.5. The van der Waals surface area contributed by atoms with Gasteiger partial charge in [0, 0.05) is 64.3 Å². The van der Waals surface area contributed by atoms with Crippen molar-refractivity contribution in [3.05, 3.63) is 57.4 Å². The summed E-state index contributed by atoms with van der Waals surface area (Å²) in [7, 11) is 3.17. The molecule has 1 aromatic carbocycles. The summed E-state index contributed by atoms with van der Waals surface area (Å²) in [6.07, 6.45) is 3.79. The summed E-state index contributed by atoms with van der Waals surface area (Å²) in [6.45, 7) is 2.91. The average molecular weight is 398 g/mol. The molecule has 1 saturated heterocycles. The SMILES string of the molecule is COCCn1ccc2c(OC3CCN(c4cc(=O)n(C)c(=O)[nH]4)CC3)cccc21. The summed E-state index contributed by atoms with van der Waals surface area (Å²) in [5.74, 6) is 1.47. The molecule has 8 heteroatoms. The molecule has 0 aliphatic carbocycles. The van der Waals surface area contributed by atoms with Crippen LogP contribution in [0.1, 0.15) is 12.8 Å². The first-order valence-corrected chi connectivity index (χ1v) is 9.85. The van der Waals surface area contributed by atoms with Crippen molar-refractivity contribution >= 4 is 16.7 Å². The van der Waals surface area contributed by atoms with E-state index in [4.69, 9.17) is 9.47 Å². The van der Waals surface area contributed by atoms with E-state index >= 15 is 0 Å². The lowest BCUT2D eigenvalue weighted by atomic mass is 10.1. The van der Waals surface area contributed by atoms with E-state index in [1.807, 2.05) is 17.0 Å². The van der Waals surface area contributed by atoms with Crippen molar-refractivity contribution in [2.24, 2.45) is 7.05 Å². The van der Waals surface area contributed by atoms with Crippen molar-refractivity contribution in [3.8, 4) is 5.75 Å². The number of ether oxygens (including phenoxy) is 2. The van der Waals surface area contributed by atoms with Gasteiger partial charge in [-0.1, -0.05) is 6.07 Å². The minimum atomic E-state index is -0.393. The summed E-state index contributed by atoms with van der Waals surface area (Å²) in [6, 6.07) is 9.67. The Hall–Kier alpha value is -3.00. The molecule has 4 rings (SSSR count). The molecule has 0 saturated carbocycles. The maximum Gasteiger partial charge on any atom is 0.329 e. The number of hydrogen-bond donors (Lipinski definition) is 1. The predicted molar refractivity (Wildman–Crippen MR) is 112 cm³/mol. The molecule has 0 amide bonds. The minimum absolute atomic E-state index is 0.0949. The van der Waals surface area contributed by atoms with Gasteiger partial charge in [-0.2, -0.15) is 0 Å². The first kappa shape index (κ1) is 19.3. The lowest BCUT2D eigenvalue weighted by Crippen LogP contribution is -2.41. The van der Waals surface area contributed by atoms with Crippen LogP contribution in [0.5, 0.6) is 5.75 Å². The molecule has 154 valence electrons. The van der Waals surface area contributed by atoms with Gasteiger partial charge < -0.3 is 18.9 Å². The van der Waals surface area contributed by atoms with Gasteiger partial charge in [0.1, 0.15) is 17.7 Å². The molecule has 0 unspecified atom stereocenters. The van der Waals surface area contributed by atoms with E-state index in [-0.39, 0.29) is 11.7 Å². The van der Waals surface area contributed by atoms with Gasteiger partial charge in [-0.05, 0) is 18.2 Å². The highest BCUT2D eigenvalue weighted by Gasteiger charge is 2.22. The number of piperidine rings is 1. The normalized spacial score (nSPS) is 15.2. The molecule has 2 aromatic heterocycles. The number of nitrogens with one attached hydrogen (secondary N) is 1. The van der Waals surface area contributed by atoms with E-state index in [0.717, 1.165) is 53.7 Å². The molecule has 0 radical (unpaired) electrons. The number of fused-ring (bicyclic) bond motifs is 1. The summed E-state index contributed by atoms with van der Waals surface area (Å²) in [5, 5.41) is 1.10. The zero-order chi connectivity index (χ0) is 20.4. The molecule has 1 aliphatic heterocycles. The maximum absolute atomic E-state index is 11.9. The van der Waals surface area contributed by atoms with Crippen molar-refractivity contribution in [2.45, 2.75) is 25.5 Å². The molecule has 3 aromatic rings. The quantitative estimate of drug-likeness (QED) is 0.684. The number of rotatable bonds is 6. The molecule has 0 bridgehead atoms. The number of aromatic nitrogens is 3. The van der Waals surface area contributed by atoms with E-state index in [1.54, 1.807) is 7.11 Å². The maximum atomic E-state index is 11.9. The predicted octanol–water partition coefficient (Wildman–Crippen LogP) is 1.72. The molecular weight excluding hydrogens is 372 g/mol. The van der Waals surface area contributed by atoms with E-state index in [0.29, 0.717) is 12.4 Å². The van der Waals surface area contributed by atoms with Gasteiger partial charge in [0.25, 0.3) is 5.56 Å². The Balaban J connectivity index is 1.44. The number of methoxy groups -OCH3 is 1. The van der Waals surface area contributed by atoms with Crippen molar-refractivity contribution in [2.75, 3.05) is 31.7 Å². The van der Waals surface area contributed by atoms with E-state index in [9.17, 15) is 9.59 Å². The Morgan fingerprint density at radius 1 is 1.17 bits per heavy atom. The second-order valence-electron chi connectivity index (χ2n) is 7.35. The fourth-order valence-corrected chi connectivity index (χ4v) is 3.79. The van der Waals surface area contributed by atoms with Crippen molar-refractivity contribution in [3.63, 3.8) is 0 Å². The molecular formula is C21H26N4O4. The first-order valence-electron chi connectivity index (χ1n) is 9.85. The Kier molecular flexibility index (Phi) is 5.44. The summed E-state index contributed by atoms with van der Waals surface area (Å²) >= 11 is 0. The third kappa shape index (κ3) is 3.93. The van der Waals surface area contributed by atoms with Crippen molar-refractivity contribution < 1.29 is 9.47 Å². The number of benzene rings is 1. The van der Waals surface area contributed by atoms with Gasteiger partial charge >= 0.3 is 5.69 Å². The van der Waals surface area contributed by atoms with Crippen LogP contribution in [-0.2, 0) is 18.3 Å². The van der Waals surface area contributed by atoms with E-state index in [2.05, 4.69) is 27.9 Å². The van der Waals surface area contributed by atoms with Crippen molar-refractivity contribution in [1.29, 1.82) is 0 Å².